The number of methoxy groups -OCH3 is 1. The number of benzene rings is 4. The number of nitrogens with zero attached hydrogens (tertiary/aromatic N) is 12. The van der Waals surface area contributed by atoms with Crippen LogP contribution in [0.5, 0.6) is 5.75 Å². The largest absolute Gasteiger partial charge is 0.494 e. The van der Waals surface area contributed by atoms with Gasteiger partial charge in [0.05, 0.1) is 51.1 Å². The predicted molar refractivity (Wildman–Crippen MR) is 321 cm³/mol. The van der Waals surface area contributed by atoms with Crippen LogP contribution in [0, 0.1) is 5.92 Å². The third kappa shape index (κ3) is 11.2. The highest BCUT2D eigenvalue weighted by molar-refractivity contribution is 9.10. The van der Waals surface area contributed by atoms with Crippen molar-refractivity contribution in [3.63, 3.8) is 0 Å². The van der Waals surface area contributed by atoms with Gasteiger partial charge < -0.3 is 39.5 Å². The van der Waals surface area contributed by atoms with Crippen LogP contribution in [0.2, 0.25) is 0 Å². The number of rotatable bonds is 14. The van der Waals surface area contributed by atoms with Crippen LogP contribution in [-0.4, -0.2) is 172 Å². The van der Waals surface area contributed by atoms with Crippen molar-refractivity contribution in [1.82, 2.24) is 49.7 Å². The smallest absolute Gasteiger partial charge is 0.262 e. The van der Waals surface area contributed by atoms with Gasteiger partial charge in [0, 0.05) is 150 Å². The second-order valence-corrected chi connectivity index (χ2v) is 26.1. The van der Waals surface area contributed by atoms with Crippen LogP contribution in [-0.2, 0) is 21.2 Å². The Labute approximate surface area is 488 Å². The molecule has 3 N–H and O–H groups in total. The number of halogens is 1. The first-order chi connectivity index (χ1) is 40.1. The maximum Gasteiger partial charge on any atom is 0.262 e. The van der Waals surface area contributed by atoms with Crippen LogP contribution in [0.15, 0.2) is 102 Å². The molecule has 0 aliphatic carbocycles. The Kier molecular flexibility index (Phi) is 15.2. The molecular weight excluding hydrogens is 1140 g/mol. The van der Waals surface area contributed by atoms with Gasteiger partial charge in [0.1, 0.15) is 30.3 Å². The Morgan fingerprint density at radius 1 is 0.747 bits per heavy atom. The zero-order valence-corrected chi connectivity index (χ0v) is 49.0. The fourth-order valence-electron chi connectivity index (χ4n) is 12.1. The zero-order chi connectivity index (χ0) is 57.7. The number of piperidine rings is 2. The van der Waals surface area contributed by atoms with E-state index in [0.29, 0.717) is 92.9 Å². The topological polar surface area (TPSA) is 237 Å². The van der Waals surface area contributed by atoms with E-state index in [1.54, 1.807) is 55.8 Å². The molecule has 1 atom stereocenters. The van der Waals surface area contributed by atoms with Crippen molar-refractivity contribution in [2.75, 3.05) is 118 Å². The van der Waals surface area contributed by atoms with Crippen LogP contribution in [0.4, 0.5) is 40.2 Å². The fraction of sp³-hybridized carbons (Fsp3) is 0.356. The predicted octanol–water partition coefficient (Wildman–Crippen LogP) is 6.73. The van der Waals surface area contributed by atoms with Crippen molar-refractivity contribution in [2.45, 2.75) is 31.7 Å². The van der Waals surface area contributed by atoms with Gasteiger partial charge in [0.25, 0.3) is 17.7 Å². The van der Waals surface area contributed by atoms with Crippen molar-refractivity contribution in [1.29, 1.82) is 0 Å². The van der Waals surface area contributed by atoms with Gasteiger partial charge >= 0.3 is 0 Å². The van der Waals surface area contributed by atoms with E-state index in [0.717, 1.165) is 91.7 Å². The van der Waals surface area contributed by atoms with Crippen LogP contribution in [0.25, 0.3) is 22.2 Å². The van der Waals surface area contributed by atoms with Crippen molar-refractivity contribution in [3.05, 3.63) is 119 Å². The number of ether oxygens (including phenoxy) is 1. The number of carbonyl (C=O) groups is 5. The third-order valence-corrected chi connectivity index (χ3v) is 18.5. The molecule has 1 unspecified atom stereocenters. The molecule has 24 heteroatoms. The Morgan fingerprint density at radius 3 is 2.17 bits per heavy atom. The van der Waals surface area contributed by atoms with E-state index < -0.39 is 36.8 Å². The molecule has 0 spiro atoms. The minimum atomic E-state index is -2.83. The van der Waals surface area contributed by atoms with E-state index in [2.05, 4.69) is 83.7 Å². The Bertz CT molecular complexity index is 3760. The van der Waals surface area contributed by atoms with Gasteiger partial charge in [-0.05, 0) is 115 Å². The summed E-state index contributed by atoms with van der Waals surface area (Å²) in [6, 6.07) is 20.1. The number of hydrogen-bond donors (Lipinski definition) is 3. The summed E-state index contributed by atoms with van der Waals surface area (Å²) in [4.78, 5) is 95.7. The Balaban J connectivity index is 0.641. The highest BCUT2D eigenvalue weighted by Gasteiger charge is 2.45. The van der Waals surface area contributed by atoms with Gasteiger partial charge in [0.2, 0.25) is 17.8 Å². The third-order valence-electron chi connectivity index (χ3n) is 16.4. The minimum absolute atomic E-state index is 0.00285. The van der Waals surface area contributed by atoms with Gasteiger partial charge in [-0.15, -0.1) is 0 Å². The number of aromatic nitrogens is 6. The number of nitrogens with one attached hydrogen (secondary N) is 3. The summed E-state index contributed by atoms with van der Waals surface area (Å²) < 4.78 is 22.0. The molecule has 8 heterocycles. The van der Waals surface area contributed by atoms with Crippen LogP contribution >= 0.6 is 23.1 Å². The Hall–Kier alpha value is -8.27. The number of fused-ring (bicyclic) bond motifs is 2. The monoisotopic (exact) mass is 1200 g/mol. The van der Waals surface area contributed by atoms with E-state index in [-0.39, 0.29) is 24.3 Å². The molecule has 4 fully saturated rings. The molecular formula is C59H63BrN15O7P. The average Bonchev–Trinajstić information content (AvgIpc) is 3.86. The van der Waals surface area contributed by atoms with Crippen molar-refractivity contribution in [3.8, 4) is 16.9 Å². The lowest BCUT2D eigenvalue weighted by atomic mass is 9.95. The first-order valence-corrected chi connectivity index (χ1v) is 31.3. The van der Waals surface area contributed by atoms with E-state index in [4.69, 9.17) is 9.72 Å². The second-order valence-electron chi connectivity index (χ2n) is 22.1. The second kappa shape index (κ2) is 22.8. The molecule has 5 amide bonds. The Morgan fingerprint density at radius 2 is 1.46 bits per heavy atom. The summed E-state index contributed by atoms with van der Waals surface area (Å²) in [6.07, 6.45) is 11.0. The first-order valence-electron chi connectivity index (χ1n) is 27.9. The number of anilines is 7. The zero-order valence-electron chi connectivity index (χ0n) is 46.5. The summed E-state index contributed by atoms with van der Waals surface area (Å²) in [5.41, 5.74) is 8.43. The molecule has 5 aliphatic heterocycles. The lowest BCUT2D eigenvalue weighted by Crippen LogP contribution is -2.54. The summed E-state index contributed by atoms with van der Waals surface area (Å²) >= 11 is 3.60. The lowest BCUT2D eigenvalue weighted by Gasteiger charge is -2.40. The molecule has 7 aromatic rings. The standard InChI is InChI=1S/C59H63BrN15O7P/c1-69-35-38(32-64-69)42-30-47(66-59-63-33-44(60)54(68-59)65-46-12-11-45-52(62-18-17-61-45)53(46)83(3,4)81)50(82-2)31-49(42)73-25-27-74(28-26-73)56(78)37-5-7-39(8-6-37)71-19-15-36(16-20-71)34-70-21-23-72(24-22-70)40-9-10-41-43(29-40)58(80)75(57(41)79)48-13-14-51(76)67-55(48)77/h5-12,17-18,29-33,35-36,48H,13-16,19-28,34H2,1-4H3,(H,67,76,77)(H2,63,65,66,68). The minimum Gasteiger partial charge on any atom is -0.494 e. The first kappa shape index (κ1) is 55.3. The average molecular weight is 1210 g/mol. The molecule has 4 saturated heterocycles. The summed E-state index contributed by atoms with van der Waals surface area (Å²) in [7, 11) is 0.669. The van der Waals surface area contributed by atoms with Crippen molar-refractivity contribution < 1.29 is 33.3 Å². The highest BCUT2D eigenvalue weighted by atomic mass is 79.9. The number of piperazine rings is 2. The molecule has 5 aliphatic rings. The molecule has 428 valence electrons. The van der Waals surface area contributed by atoms with E-state index >= 15 is 0 Å². The van der Waals surface area contributed by atoms with Crippen molar-refractivity contribution >= 4 is 109 Å². The molecule has 0 radical (unpaired) electrons. The van der Waals surface area contributed by atoms with Crippen molar-refractivity contribution in [2.24, 2.45) is 13.0 Å². The number of hydrogen-bond acceptors (Lipinski definition) is 18. The van der Waals surface area contributed by atoms with Crippen LogP contribution in [0.3, 0.4) is 0 Å². The van der Waals surface area contributed by atoms with E-state index in [9.17, 15) is 28.5 Å². The number of imide groups is 2. The molecule has 0 saturated carbocycles. The number of amides is 5. The SMILES string of the molecule is COc1cc(N2CCN(C(=O)c3ccc(N4CCC(CN5CCN(c6ccc7c(c6)C(=O)N(C6CCC(=O)NC6=O)C7=O)CC5)CC4)cc3)CC2)c(-c2cnn(C)c2)cc1Nc1ncc(Br)c(Nc2ccc3nccnc3c2P(C)(C)=O)n1. The van der Waals surface area contributed by atoms with Crippen LogP contribution < -0.4 is 40.7 Å². The van der Waals surface area contributed by atoms with Gasteiger partial charge in [-0.2, -0.15) is 10.1 Å². The summed E-state index contributed by atoms with van der Waals surface area (Å²) in [5, 5.41) is 14.1. The van der Waals surface area contributed by atoms with Crippen LogP contribution in [0.1, 0.15) is 56.8 Å². The quantitative estimate of drug-likeness (QED) is 0.0756. The molecule has 83 heavy (non-hydrogen) atoms. The van der Waals surface area contributed by atoms with Gasteiger partial charge in [-0.1, -0.05) is 0 Å². The molecule has 0 bridgehead atoms. The van der Waals surface area contributed by atoms with E-state index in [1.807, 2.05) is 66.8 Å². The molecule has 3 aromatic heterocycles. The van der Waals surface area contributed by atoms with E-state index in [1.165, 1.54) is 0 Å². The molecule has 12 rings (SSSR count). The maximum absolute atomic E-state index is 14.0. The van der Waals surface area contributed by atoms with Gasteiger partial charge in [-0.25, -0.2) is 4.98 Å². The lowest BCUT2D eigenvalue weighted by molar-refractivity contribution is -0.136. The maximum atomic E-state index is 14.0. The normalized spacial score (nSPS) is 18.2. The number of aryl methyl sites for hydroxylation is 1. The summed E-state index contributed by atoms with van der Waals surface area (Å²) in [5.74, 6) is -0.121. The number of carbonyl (C=O) groups excluding carboxylic acids is 5. The summed E-state index contributed by atoms with van der Waals surface area (Å²) in [6.45, 7) is 11.9. The highest BCUT2D eigenvalue weighted by Crippen LogP contribution is 2.43. The van der Waals surface area contributed by atoms with Gasteiger partial charge in [0.15, 0.2) is 0 Å². The van der Waals surface area contributed by atoms with Gasteiger partial charge in [-0.3, -0.25) is 53.7 Å². The fourth-order valence-corrected chi connectivity index (χ4v) is 13.7. The molecule has 22 nitrogen and oxygen atoms in total. The molecule has 4 aromatic carbocycles.